The largest absolute Gasteiger partial charge is 0.389 e. The van der Waals surface area contributed by atoms with Crippen LogP contribution in [0.1, 0.15) is 37.8 Å². The van der Waals surface area contributed by atoms with Crippen LogP contribution in [0.15, 0.2) is 18.2 Å². The highest BCUT2D eigenvalue weighted by Gasteiger charge is 2.29. The molecule has 1 rings (SSSR count). The molecule has 0 aliphatic rings. The second kappa shape index (κ2) is 7.36. The minimum Gasteiger partial charge on any atom is -0.310 e. The van der Waals surface area contributed by atoms with E-state index in [1.807, 2.05) is 6.92 Å². The van der Waals surface area contributed by atoms with Gasteiger partial charge in [0.25, 0.3) is 0 Å². The Balaban J connectivity index is 2.86. The van der Waals surface area contributed by atoms with Crippen molar-refractivity contribution in [2.45, 2.75) is 38.4 Å². The molecule has 0 saturated heterocycles. The first-order chi connectivity index (χ1) is 8.85. The maximum absolute atomic E-state index is 12.3. The van der Waals surface area contributed by atoms with E-state index in [9.17, 15) is 13.2 Å². The third-order valence-electron chi connectivity index (χ3n) is 2.71. The predicted molar refractivity (Wildman–Crippen MR) is 72.8 cm³/mol. The molecule has 0 radical (unpaired) electrons. The van der Waals surface area contributed by atoms with Crippen LogP contribution in [0.4, 0.5) is 13.2 Å². The summed E-state index contributed by atoms with van der Waals surface area (Å²) in [5, 5.41) is 3.76. The number of rotatable bonds is 6. The molecule has 1 aromatic rings. The zero-order valence-corrected chi connectivity index (χ0v) is 12.0. The minimum absolute atomic E-state index is 0.0520. The van der Waals surface area contributed by atoms with Gasteiger partial charge in [-0.2, -0.15) is 13.2 Å². The van der Waals surface area contributed by atoms with Crippen LogP contribution in [-0.2, 0) is 0 Å². The van der Waals surface area contributed by atoms with Crippen LogP contribution in [0, 0.1) is 0 Å². The van der Waals surface area contributed by atoms with E-state index in [2.05, 4.69) is 5.32 Å². The van der Waals surface area contributed by atoms with Gasteiger partial charge in [0, 0.05) is 12.5 Å². The van der Waals surface area contributed by atoms with Crippen molar-refractivity contribution in [3.05, 3.63) is 33.8 Å². The van der Waals surface area contributed by atoms with Gasteiger partial charge in [-0.15, -0.1) is 0 Å². The van der Waals surface area contributed by atoms with Gasteiger partial charge < -0.3 is 5.32 Å². The standard InChI is InChI=1S/C13H16Cl2F3N/c1-2-8-19-11(6-7-13(16,17)18)9-4-3-5-10(14)12(9)15/h3-5,11,19H,2,6-8H2,1H3. The molecule has 0 heterocycles. The highest BCUT2D eigenvalue weighted by atomic mass is 35.5. The van der Waals surface area contributed by atoms with Gasteiger partial charge in [0.15, 0.2) is 0 Å². The second-order valence-corrected chi connectivity index (χ2v) is 5.09. The highest BCUT2D eigenvalue weighted by Crippen LogP contribution is 2.34. The van der Waals surface area contributed by atoms with E-state index in [1.165, 1.54) is 0 Å². The first-order valence-corrected chi connectivity index (χ1v) is 6.84. The maximum atomic E-state index is 12.3. The monoisotopic (exact) mass is 313 g/mol. The molecular formula is C13H16Cl2F3N. The van der Waals surface area contributed by atoms with Crippen molar-refractivity contribution < 1.29 is 13.2 Å². The van der Waals surface area contributed by atoms with Crippen LogP contribution in [0.25, 0.3) is 0 Å². The molecule has 0 fully saturated rings. The molecule has 1 nitrogen and oxygen atoms in total. The van der Waals surface area contributed by atoms with Crippen molar-refractivity contribution in [1.29, 1.82) is 0 Å². The molecule has 1 aromatic carbocycles. The van der Waals surface area contributed by atoms with E-state index >= 15 is 0 Å². The average Bonchev–Trinajstić information content (AvgIpc) is 2.32. The van der Waals surface area contributed by atoms with Crippen molar-refractivity contribution in [2.75, 3.05) is 6.54 Å². The van der Waals surface area contributed by atoms with E-state index in [0.29, 0.717) is 22.2 Å². The van der Waals surface area contributed by atoms with Gasteiger partial charge in [-0.1, -0.05) is 42.3 Å². The highest BCUT2D eigenvalue weighted by molar-refractivity contribution is 6.42. The molecule has 1 unspecified atom stereocenters. The Morgan fingerprint density at radius 3 is 2.53 bits per heavy atom. The summed E-state index contributed by atoms with van der Waals surface area (Å²) in [5.74, 6) is 0. The van der Waals surface area contributed by atoms with Crippen LogP contribution in [0.2, 0.25) is 10.0 Å². The topological polar surface area (TPSA) is 12.0 Å². The third kappa shape index (κ3) is 5.59. The van der Waals surface area contributed by atoms with E-state index < -0.39 is 18.6 Å². The first kappa shape index (κ1) is 16.6. The lowest BCUT2D eigenvalue weighted by Crippen LogP contribution is -2.24. The molecule has 6 heteroatoms. The quantitative estimate of drug-likeness (QED) is 0.743. The SMILES string of the molecule is CCCNC(CCC(F)(F)F)c1cccc(Cl)c1Cl. The predicted octanol–water partition coefficient (Wildman–Crippen LogP) is 5.38. The van der Waals surface area contributed by atoms with E-state index in [4.69, 9.17) is 23.2 Å². The van der Waals surface area contributed by atoms with Gasteiger partial charge >= 0.3 is 6.18 Å². The molecule has 108 valence electrons. The fourth-order valence-corrected chi connectivity index (χ4v) is 2.22. The van der Waals surface area contributed by atoms with Crippen molar-refractivity contribution in [2.24, 2.45) is 0 Å². The molecular weight excluding hydrogens is 298 g/mol. The van der Waals surface area contributed by atoms with Crippen LogP contribution in [-0.4, -0.2) is 12.7 Å². The Hall–Kier alpha value is -0.450. The Morgan fingerprint density at radius 1 is 1.26 bits per heavy atom. The summed E-state index contributed by atoms with van der Waals surface area (Å²) in [6, 6.07) is 4.58. The first-order valence-electron chi connectivity index (χ1n) is 6.09. The Morgan fingerprint density at radius 2 is 1.95 bits per heavy atom. The van der Waals surface area contributed by atoms with Crippen LogP contribution < -0.4 is 5.32 Å². The number of alkyl halides is 3. The van der Waals surface area contributed by atoms with Gasteiger partial charge in [-0.3, -0.25) is 0 Å². The van der Waals surface area contributed by atoms with Gasteiger partial charge in [0.2, 0.25) is 0 Å². The number of hydrogen-bond acceptors (Lipinski definition) is 1. The summed E-state index contributed by atoms with van der Waals surface area (Å²) >= 11 is 12.0. The molecule has 19 heavy (non-hydrogen) atoms. The smallest absolute Gasteiger partial charge is 0.310 e. The molecule has 0 aliphatic heterocycles. The molecule has 0 amide bonds. The number of hydrogen-bond donors (Lipinski definition) is 1. The minimum atomic E-state index is -4.17. The summed E-state index contributed by atoms with van der Waals surface area (Å²) in [4.78, 5) is 0. The summed E-state index contributed by atoms with van der Waals surface area (Å²) in [6.45, 7) is 2.58. The lowest BCUT2D eigenvalue weighted by molar-refractivity contribution is -0.136. The maximum Gasteiger partial charge on any atom is 0.389 e. The van der Waals surface area contributed by atoms with E-state index in [0.717, 1.165) is 6.42 Å². The lowest BCUT2D eigenvalue weighted by atomic mass is 10.0. The van der Waals surface area contributed by atoms with Crippen molar-refractivity contribution in [1.82, 2.24) is 5.32 Å². The second-order valence-electron chi connectivity index (χ2n) is 4.30. The molecule has 0 saturated carbocycles. The summed E-state index contributed by atoms with van der Waals surface area (Å²) in [6.07, 6.45) is -4.24. The fourth-order valence-electron chi connectivity index (χ4n) is 1.78. The normalized spacial score (nSPS) is 13.6. The van der Waals surface area contributed by atoms with Crippen molar-refractivity contribution in [3.8, 4) is 0 Å². The molecule has 0 spiro atoms. The Kier molecular flexibility index (Phi) is 6.43. The van der Waals surface area contributed by atoms with Crippen molar-refractivity contribution in [3.63, 3.8) is 0 Å². The van der Waals surface area contributed by atoms with E-state index in [1.54, 1.807) is 18.2 Å². The lowest BCUT2D eigenvalue weighted by Gasteiger charge is -2.21. The Bertz CT molecular complexity index is 407. The number of halogens is 5. The van der Waals surface area contributed by atoms with Crippen LogP contribution in [0.5, 0.6) is 0 Å². The molecule has 0 bridgehead atoms. The molecule has 1 N–H and O–H groups in total. The average molecular weight is 314 g/mol. The van der Waals surface area contributed by atoms with E-state index in [-0.39, 0.29) is 6.42 Å². The van der Waals surface area contributed by atoms with Gasteiger partial charge in [-0.05, 0) is 31.0 Å². The van der Waals surface area contributed by atoms with Gasteiger partial charge in [0.05, 0.1) is 10.0 Å². The summed E-state index contributed by atoms with van der Waals surface area (Å²) in [5.41, 5.74) is 0.617. The summed E-state index contributed by atoms with van der Waals surface area (Å²) < 4.78 is 37.0. The van der Waals surface area contributed by atoms with Crippen LogP contribution in [0.3, 0.4) is 0 Å². The molecule has 0 aliphatic carbocycles. The third-order valence-corrected chi connectivity index (χ3v) is 3.55. The van der Waals surface area contributed by atoms with Gasteiger partial charge in [0.1, 0.15) is 0 Å². The molecule has 1 atom stereocenters. The number of benzene rings is 1. The Labute approximate surface area is 121 Å². The zero-order chi connectivity index (χ0) is 14.5. The zero-order valence-electron chi connectivity index (χ0n) is 10.5. The van der Waals surface area contributed by atoms with Gasteiger partial charge in [-0.25, -0.2) is 0 Å². The summed E-state index contributed by atoms with van der Waals surface area (Å²) in [7, 11) is 0. The fraction of sp³-hybridized carbons (Fsp3) is 0.538. The van der Waals surface area contributed by atoms with Crippen LogP contribution >= 0.6 is 23.2 Å². The van der Waals surface area contributed by atoms with Crippen molar-refractivity contribution >= 4 is 23.2 Å². The molecule has 0 aromatic heterocycles. The number of nitrogens with one attached hydrogen (secondary N) is 1.